The van der Waals surface area contributed by atoms with Gasteiger partial charge >= 0.3 is 11.9 Å². The number of esters is 2. The molecule has 4 heteroatoms. The second-order valence-corrected chi connectivity index (χ2v) is 15.3. The van der Waals surface area contributed by atoms with Crippen LogP contribution in [0.5, 0.6) is 0 Å². The fourth-order valence-corrected chi connectivity index (χ4v) is 7.22. The fourth-order valence-electron chi connectivity index (χ4n) is 7.22. The van der Waals surface area contributed by atoms with Gasteiger partial charge in [0.25, 0.3) is 0 Å². The molecule has 4 nitrogen and oxygen atoms in total. The highest BCUT2D eigenvalue weighted by molar-refractivity contribution is 5.69. The summed E-state index contributed by atoms with van der Waals surface area (Å²) in [5, 5.41) is 0. The first kappa shape index (κ1) is 46.9. The second-order valence-electron chi connectivity index (χ2n) is 15.3. The monoisotopic (exact) mass is 679 g/mol. The molecule has 0 aliphatic carbocycles. The van der Waals surface area contributed by atoms with Crippen LogP contribution in [0.1, 0.15) is 247 Å². The van der Waals surface area contributed by atoms with Gasteiger partial charge in [0.2, 0.25) is 0 Å². The molecular formula is C44H86O4. The topological polar surface area (TPSA) is 52.6 Å². The van der Waals surface area contributed by atoms with Gasteiger partial charge in [-0.05, 0) is 63.2 Å². The van der Waals surface area contributed by atoms with Crippen molar-refractivity contribution in [2.24, 2.45) is 11.8 Å². The van der Waals surface area contributed by atoms with Crippen LogP contribution in [-0.2, 0) is 19.1 Å². The molecule has 0 heterocycles. The molecule has 2 unspecified atom stereocenters. The number of ether oxygens (including phenoxy) is 2. The van der Waals surface area contributed by atoms with Crippen molar-refractivity contribution in [1.29, 1.82) is 0 Å². The first-order valence-electron chi connectivity index (χ1n) is 21.8. The van der Waals surface area contributed by atoms with Crippen molar-refractivity contribution >= 4 is 11.9 Å². The third kappa shape index (κ3) is 32.2. The van der Waals surface area contributed by atoms with Gasteiger partial charge in [-0.25, -0.2) is 0 Å². The summed E-state index contributed by atoms with van der Waals surface area (Å²) in [4.78, 5) is 25.0. The third-order valence-electron chi connectivity index (χ3n) is 10.5. The Morgan fingerprint density at radius 2 is 0.854 bits per heavy atom. The van der Waals surface area contributed by atoms with E-state index >= 15 is 0 Å². The minimum Gasteiger partial charge on any atom is -0.466 e. The highest BCUT2D eigenvalue weighted by Gasteiger charge is 2.18. The van der Waals surface area contributed by atoms with Gasteiger partial charge in [0.15, 0.2) is 0 Å². The molecule has 0 N–H and O–H groups in total. The van der Waals surface area contributed by atoms with Crippen LogP contribution in [0.4, 0.5) is 0 Å². The molecule has 286 valence electrons. The van der Waals surface area contributed by atoms with E-state index in [4.69, 9.17) is 9.47 Å². The van der Waals surface area contributed by atoms with Crippen LogP contribution >= 0.6 is 0 Å². The molecule has 0 bridgehead atoms. The molecule has 0 aromatic heterocycles. The molecule has 2 atom stereocenters. The Balaban J connectivity index is 4.19. The first-order chi connectivity index (χ1) is 23.5. The molecule has 0 rings (SSSR count). The van der Waals surface area contributed by atoms with E-state index in [1.165, 1.54) is 154 Å². The van der Waals surface area contributed by atoms with Crippen molar-refractivity contribution in [3.8, 4) is 0 Å². The summed E-state index contributed by atoms with van der Waals surface area (Å²) < 4.78 is 11.6. The maximum absolute atomic E-state index is 12.8. The number of unbranched alkanes of at least 4 members (excludes halogenated alkanes) is 20. The molecule has 0 amide bonds. The van der Waals surface area contributed by atoms with Gasteiger partial charge in [-0.1, -0.05) is 182 Å². The predicted molar refractivity (Wildman–Crippen MR) is 209 cm³/mol. The van der Waals surface area contributed by atoms with Crippen molar-refractivity contribution in [2.45, 2.75) is 253 Å². The van der Waals surface area contributed by atoms with E-state index < -0.39 is 0 Å². The molecule has 0 saturated carbocycles. The third-order valence-corrected chi connectivity index (χ3v) is 10.5. The number of carbonyl (C=O) groups excluding carboxylic acids is 2. The van der Waals surface area contributed by atoms with Crippen molar-refractivity contribution in [1.82, 2.24) is 0 Å². The Morgan fingerprint density at radius 1 is 0.417 bits per heavy atom. The van der Waals surface area contributed by atoms with Crippen LogP contribution in [0.15, 0.2) is 0 Å². The van der Waals surface area contributed by atoms with Crippen molar-refractivity contribution in [3.05, 3.63) is 0 Å². The summed E-state index contributed by atoms with van der Waals surface area (Å²) in [5.74, 6) is 1.35. The van der Waals surface area contributed by atoms with E-state index in [0.29, 0.717) is 31.3 Å². The Labute approximate surface area is 301 Å². The Bertz CT molecular complexity index is 661. The predicted octanol–water partition coefficient (Wildman–Crippen LogP) is 14.6. The van der Waals surface area contributed by atoms with Crippen molar-refractivity contribution in [3.63, 3.8) is 0 Å². The van der Waals surface area contributed by atoms with Gasteiger partial charge in [0.1, 0.15) is 6.10 Å². The Hall–Kier alpha value is -1.06. The van der Waals surface area contributed by atoms with Gasteiger partial charge in [-0.15, -0.1) is 0 Å². The quantitative estimate of drug-likeness (QED) is 0.0482. The van der Waals surface area contributed by atoms with E-state index in [2.05, 4.69) is 34.6 Å². The SMILES string of the molecule is CCCCCCCCCCCOC(=O)CCCC(C)C(CCC)CCCCCC(=O)OC(CCCCCCCC)CCCCCCCC. The van der Waals surface area contributed by atoms with Crippen molar-refractivity contribution < 1.29 is 19.1 Å². The molecule has 0 aromatic carbocycles. The lowest BCUT2D eigenvalue weighted by molar-refractivity contribution is -0.150. The highest BCUT2D eigenvalue weighted by atomic mass is 16.5. The maximum atomic E-state index is 12.8. The summed E-state index contributed by atoms with van der Waals surface area (Å²) in [6.45, 7) is 12.0. The summed E-state index contributed by atoms with van der Waals surface area (Å²) >= 11 is 0. The molecular weight excluding hydrogens is 592 g/mol. The minimum atomic E-state index is -0.0121. The lowest BCUT2D eigenvalue weighted by Crippen LogP contribution is -2.18. The highest BCUT2D eigenvalue weighted by Crippen LogP contribution is 2.28. The molecule has 0 aliphatic heterocycles. The number of rotatable bonds is 38. The van der Waals surface area contributed by atoms with Crippen LogP contribution in [0.3, 0.4) is 0 Å². The zero-order chi connectivity index (χ0) is 35.3. The molecule has 0 aliphatic rings. The molecule has 0 fully saturated rings. The molecule has 48 heavy (non-hydrogen) atoms. The largest absolute Gasteiger partial charge is 0.466 e. The zero-order valence-electron chi connectivity index (χ0n) is 33.4. The van der Waals surface area contributed by atoms with E-state index in [0.717, 1.165) is 44.9 Å². The van der Waals surface area contributed by atoms with E-state index in [9.17, 15) is 9.59 Å². The van der Waals surface area contributed by atoms with Gasteiger partial charge in [-0.2, -0.15) is 0 Å². The molecule has 0 spiro atoms. The van der Waals surface area contributed by atoms with Crippen molar-refractivity contribution in [2.75, 3.05) is 6.61 Å². The second kappa shape index (κ2) is 37.2. The Morgan fingerprint density at radius 3 is 1.38 bits per heavy atom. The minimum absolute atomic E-state index is 0.0121. The number of carbonyl (C=O) groups is 2. The smallest absolute Gasteiger partial charge is 0.306 e. The van der Waals surface area contributed by atoms with Crippen LogP contribution in [0.25, 0.3) is 0 Å². The number of hydrogen-bond acceptors (Lipinski definition) is 4. The van der Waals surface area contributed by atoms with Gasteiger partial charge in [-0.3, -0.25) is 9.59 Å². The molecule has 0 saturated heterocycles. The van der Waals surface area contributed by atoms with Crippen LogP contribution < -0.4 is 0 Å². The van der Waals surface area contributed by atoms with Gasteiger partial charge in [0, 0.05) is 12.8 Å². The van der Waals surface area contributed by atoms with E-state index in [1.54, 1.807) is 0 Å². The average Bonchev–Trinajstić information content (AvgIpc) is 3.07. The van der Waals surface area contributed by atoms with Gasteiger partial charge < -0.3 is 9.47 Å². The fraction of sp³-hybridized carbons (Fsp3) is 0.955. The van der Waals surface area contributed by atoms with E-state index in [1.807, 2.05) is 0 Å². The normalized spacial score (nSPS) is 12.8. The maximum Gasteiger partial charge on any atom is 0.306 e. The van der Waals surface area contributed by atoms with Gasteiger partial charge in [0.05, 0.1) is 6.61 Å². The standard InChI is InChI=1S/C44H86O4/c1-6-10-13-16-19-20-21-24-30-39-47-43(45)38-31-33-40(5)41(32-9-4)34-26-25-29-37-44(46)48-42(35-27-22-17-14-11-7-2)36-28-23-18-15-12-8-3/h40-42H,6-39H2,1-5H3. The Kier molecular flexibility index (Phi) is 36.4. The number of hydrogen-bond donors (Lipinski definition) is 0. The van der Waals surface area contributed by atoms with Crippen LogP contribution in [-0.4, -0.2) is 24.6 Å². The van der Waals surface area contributed by atoms with Crippen LogP contribution in [0.2, 0.25) is 0 Å². The summed E-state index contributed by atoms with van der Waals surface area (Å²) in [7, 11) is 0. The molecule has 0 radical (unpaired) electrons. The van der Waals surface area contributed by atoms with E-state index in [-0.39, 0.29) is 18.0 Å². The zero-order valence-corrected chi connectivity index (χ0v) is 33.4. The van der Waals surface area contributed by atoms with Crippen LogP contribution in [0, 0.1) is 11.8 Å². The first-order valence-corrected chi connectivity index (χ1v) is 21.8. The lowest BCUT2D eigenvalue weighted by atomic mass is 9.82. The molecule has 0 aromatic rings. The average molecular weight is 679 g/mol. The summed E-state index contributed by atoms with van der Waals surface area (Å²) in [5.41, 5.74) is 0. The lowest BCUT2D eigenvalue weighted by Gasteiger charge is -2.24. The summed E-state index contributed by atoms with van der Waals surface area (Å²) in [6, 6.07) is 0. The summed E-state index contributed by atoms with van der Waals surface area (Å²) in [6.07, 6.45) is 39.3.